The van der Waals surface area contributed by atoms with Crippen LogP contribution in [0.1, 0.15) is 50.7 Å². The molecule has 1 saturated carbocycles. The second-order valence-electron chi connectivity index (χ2n) is 6.47. The summed E-state index contributed by atoms with van der Waals surface area (Å²) in [6.45, 7) is 4.29. The molecule has 1 aliphatic carbocycles. The Balaban J connectivity index is 2.26. The normalized spacial score (nSPS) is 21.6. The largest absolute Gasteiger partial charge is 0.418 e. The van der Waals surface area contributed by atoms with Crippen LogP contribution in [0.2, 0.25) is 0 Å². The number of hydrogen-bond acceptors (Lipinski definition) is 2. The van der Waals surface area contributed by atoms with Crippen molar-refractivity contribution in [3.8, 4) is 6.07 Å². The summed E-state index contributed by atoms with van der Waals surface area (Å²) in [6.07, 6.45) is -0.614. The molecule has 1 atom stereocenters. The van der Waals surface area contributed by atoms with Crippen LogP contribution in [-0.4, -0.2) is 6.04 Å². The first-order valence-corrected chi connectivity index (χ1v) is 7.09. The summed E-state index contributed by atoms with van der Waals surface area (Å²) in [6, 6.07) is 5.50. The highest BCUT2D eigenvalue weighted by atomic mass is 19.4. The van der Waals surface area contributed by atoms with Gasteiger partial charge < -0.3 is 5.32 Å². The average molecular weight is 296 g/mol. The summed E-state index contributed by atoms with van der Waals surface area (Å²) in [5.41, 5.74) is -0.507. The monoisotopic (exact) mass is 296 g/mol. The van der Waals surface area contributed by atoms with Crippen LogP contribution in [0.25, 0.3) is 0 Å². The summed E-state index contributed by atoms with van der Waals surface area (Å²) in [5, 5.41) is 11.8. The summed E-state index contributed by atoms with van der Waals surface area (Å²) >= 11 is 0. The summed E-state index contributed by atoms with van der Waals surface area (Å²) in [4.78, 5) is 0. The molecule has 1 aromatic rings. The van der Waals surface area contributed by atoms with E-state index in [2.05, 4.69) is 19.2 Å². The molecule has 21 heavy (non-hydrogen) atoms. The highest BCUT2D eigenvalue weighted by Gasteiger charge is 2.35. The Morgan fingerprint density at radius 2 is 2.05 bits per heavy atom. The molecule has 0 heterocycles. The van der Waals surface area contributed by atoms with Crippen LogP contribution in [0.15, 0.2) is 18.2 Å². The Morgan fingerprint density at radius 1 is 1.33 bits per heavy atom. The second kappa shape index (κ2) is 5.59. The van der Waals surface area contributed by atoms with Crippen molar-refractivity contribution in [2.45, 2.75) is 51.7 Å². The molecule has 1 fully saturated rings. The van der Waals surface area contributed by atoms with Gasteiger partial charge in [0.25, 0.3) is 0 Å². The van der Waals surface area contributed by atoms with Crippen LogP contribution in [0.3, 0.4) is 0 Å². The van der Waals surface area contributed by atoms with Gasteiger partial charge >= 0.3 is 6.18 Å². The lowest BCUT2D eigenvalue weighted by atomic mass is 9.75. The Bertz CT molecular complexity index is 556. The predicted octanol–water partition coefficient (Wildman–Crippen LogP) is 4.96. The summed E-state index contributed by atoms with van der Waals surface area (Å²) < 4.78 is 39.4. The molecule has 0 amide bonds. The zero-order valence-electron chi connectivity index (χ0n) is 12.2. The fourth-order valence-corrected chi connectivity index (χ4v) is 3.02. The van der Waals surface area contributed by atoms with Gasteiger partial charge in [0, 0.05) is 11.7 Å². The average Bonchev–Trinajstić information content (AvgIpc) is 2.36. The second-order valence-corrected chi connectivity index (χ2v) is 6.47. The number of hydrogen-bond donors (Lipinski definition) is 1. The number of nitrogens with one attached hydrogen (secondary N) is 1. The molecular weight excluding hydrogens is 277 g/mol. The minimum atomic E-state index is -4.46. The number of nitrogens with zero attached hydrogens (tertiary/aromatic N) is 1. The van der Waals surface area contributed by atoms with Gasteiger partial charge in [-0.2, -0.15) is 18.4 Å². The van der Waals surface area contributed by atoms with E-state index >= 15 is 0 Å². The van der Waals surface area contributed by atoms with Gasteiger partial charge in [-0.3, -0.25) is 0 Å². The summed E-state index contributed by atoms with van der Waals surface area (Å²) in [7, 11) is 0. The quantitative estimate of drug-likeness (QED) is 0.837. The van der Waals surface area contributed by atoms with Gasteiger partial charge in [-0.25, -0.2) is 0 Å². The smallest absolute Gasteiger partial charge is 0.382 e. The Kier molecular flexibility index (Phi) is 4.18. The molecule has 5 heteroatoms. The molecule has 0 aromatic heterocycles. The molecule has 0 aliphatic heterocycles. The molecule has 0 bridgehead atoms. The van der Waals surface area contributed by atoms with Gasteiger partial charge in [-0.1, -0.05) is 20.3 Å². The van der Waals surface area contributed by atoms with Crippen LogP contribution in [0.4, 0.5) is 18.9 Å². The molecule has 0 spiro atoms. The van der Waals surface area contributed by atoms with Crippen LogP contribution >= 0.6 is 0 Å². The van der Waals surface area contributed by atoms with Crippen LogP contribution in [0.5, 0.6) is 0 Å². The Morgan fingerprint density at radius 3 is 2.62 bits per heavy atom. The third-order valence-corrected chi connectivity index (χ3v) is 4.02. The zero-order chi connectivity index (χ0) is 15.7. The van der Waals surface area contributed by atoms with Crippen molar-refractivity contribution in [2.24, 2.45) is 5.41 Å². The minimum absolute atomic E-state index is 0.0249. The van der Waals surface area contributed by atoms with Gasteiger partial charge in [0.1, 0.15) is 0 Å². The van der Waals surface area contributed by atoms with Crippen LogP contribution in [-0.2, 0) is 6.18 Å². The molecule has 1 N–H and O–H groups in total. The van der Waals surface area contributed by atoms with E-state index in [1.807, 2.05) is 0 Å². The fraction of sp³-hybridized carbons (Fsp3) is 0.562. The molecule has 1 unspecified atom stereocenters. The maximum absolute atomic E-state index is 13.1. The zero-order valence-corrected chi connectivity index (χ0v) is 12.2. The van der Waals surface area contributed by atoms with Crippen molar-refractivity contribution in [3.63, 3.8) is 0 Å². The molecule has 0 radical (unpaired) electrons. The van der Waals surface area contributed by atoms with E-state index in [-0.39, 0.29) is 22.7 Å². The molecular formula is C16H19F3N2. The lowest BCUT2D eigenvalue weighted by molar-refractivity contribution is -0.137. The van der Waals surface area contributed by atoms with Crippen molar-refractivity contribution in [3.05, 3.63) is 29.3 Å². The molecule has 2 rings (SSSR count). The van der Waals surface area contributed by atoms with Crippen molar-refractivity contribution >= 4 is 5.69 Å². The highest BCUT2D eigenvalue weighted by molar-refractivity contribution is 5.56. The maximum atomic E-state index is 13.1. The van der Waals surface area contributed by atoms with Crippen LogP contribution < -0.4 is 5.32 Å². The van der Waals surface area contributed by atoms with E-state index in [0.29, 0.717) is 0 Å². The van der Waals surface area contributed by atoms with Gasteiger partial charge in [-0.15, -0.1) is 0 Å². The van der Waals surface area contributed by atoms with Gasteiger partial charge in [-0.05, 0) is 42.9 Å². The maximum Gasteiger partial charge on any atom is 0.418 e. The van der Waals surface area contributed by atoms with E-state index in [9.17, 15) is 13.2 Å². The first kappa shape index (κ1) is 15.7. The predicted molar refractivity (Wildman–Crippen MR) is 75.8 cm³/mol. The van der Waals surface area contributed by atoms with Gasteiger partial charge in [0.05, 0.1) is 17.2 Å². The number of benzene rings is 1. The third kappa shape index (κ3) is 3.90. The van der Waals surface area contributed by atoms with Gasteiger partial charge in [0.15, 0.2) is 0 Å². The van der Waals surface area contributed by atoms with E-state index in [4.69, 9.17) is 5.26 Å². The lowest BCUT2D eigenvalue weighted by Crippen LogP contribution is -2.32. The van der Waals surface area contributed by atoms with E-state index < -0.39 is 11.7 Å². The van der Waals surface area contributed by atoms with Gasteiger partial charge in [0.2, 0.25) is 0 Å². The van der Waals surface area contributed by atoms with E-state index in [1.54, 1.807) is 6.07 Å². The fourth-order valence-electron chi connectivity index (χ4n) is 3.02. The van der Waals surface area contributed by atoms with Crippen LogP contribution in [0, 0.1) is 16.7 Å². The number of anilines is 1. The molecule has 114 valence electrons. The number of halogens is 3. The Labute approximate surface area is 123 Å². The standard InChI is InChI=1S/C16H19F3N2/c1-15(2)7-3-4-12(9-15)21-14-6-5-11(10-20)8-13(14)16(17,18)19/h5-6,8,12,21H,3-4,7,9H2,1-2H3. The lowest BCUT2D eigenvalue weighted by Gasteiger charge is -2.36. The molecule has 1 aliphatic rings. The van der Waals surface area contributed by atoms with Crippen molar-refractivity contribution in [1.82, 2.24) is 0 Å². The highest BCUT2D eigenvalue weighted by Crippen LogP contribution is 2.39. The topological polar surface area (TPSA) is 35.8 Å². The first-order chi connectivity index (χ1) is 9.71. The molecule has 1 aromatic carbocycles. The van der Waals surface area contributed by atoms with Crippen molar-refractivity contribution in [1.29, 1.82) is 5.26 Å². The summed E-state index contributed by atoms with van der Waals surface area (Å²) in [5.74, 6) is 0. The molecule has 0 saturated heterocycles. The molecule has 2 nitrogen and oxygen atoms in total. The van der Waals surface area contributed by atoms with E-state index in [0.717, 1.165) is 31.7 Å². The minimum Gasteiger partial charge on any atom is -0.382 e. The third-order valence-electron chi connectivity index (χ3n) is 4.02. The van der Waals surface area contributed by atoms with E-state index in [1.165, 1.54) is 12.1 Å². The first-order valence-electron chi connectivity index (χ1n) is 7.09. The number of nitriles is 1. The number of rotatable bonds is 2. The van der Waals surface area contributed by atoms with Crippen molar-refractivity contribution in [2.75, 3.05) is 5.32 Å². The number of alkyl halides is 3. The Hall–Kier alpha value is -1.70. The van der Waals surface area contributed by atoms with Crippen molar-refractivity contribution < 1.29 is 13.2 Å². The SMILES string of the molecule is CC1(C)CCCC(Nc2ccc(C#N)cc2C(F)(F)F)C1.